The van der Waals surface area contributed by atoms with Crippen LogP contribution in [0.4, 0.5) is 13.2 Å². The Bertz CT molecular complexity index is 392. The number of Topliss-reactive ketones (excluding diaryl/α,β-unsaturated/α-hetero) is 1. The highest BCUT2D eigenvalue weighted by atomic mass is 35.5. The van der Waals surface area contributed by atoms with Crippen LogP contribution in [0.5, 0.6) is 5.75 Å². The lowest BCUT2D eigenvalue weighted by molar-refractivity contribution is -0.0888. The summed E-state index contributed by atoms with van der Waals surface area (Å²) in [7, 11) is 1.29. The van der Waals surface area contributed by atoms with Gasteiger partial charge in [0.1, 0.15) is 5.69 Å². The van der Waals surface area contributed by atoms with Crippen LogP contribution >= 0.6 is 11.6 Å². The monoisotopic (exact) mass is 239 g/mol. The van der Waals surface area contributed by atoms with Crippen molar-refractivity contribution in [3.8, 4) is 5.75 Å². The lowest BCUT2D eigenvalue weighted by Gasteiger charge is -2.06. The first-order valence-corrected chi connectivity index (χ1v) is 4.05. The number of aromatic nitrogens is 1. The quantitative estimate of drug-likeness (QED) is 0.745. The Labute approximate surface area is 87.8 Å². The van der Waals surface area contributed by atoms with Crippen molar-refractivity contribution >= 4 is 17.4 Å². The summed E-state index contributed by atoms with van der Waals surface area (Å²) in [6.07, 6.45) is -3.99. The van der Waals surface area contributed by atoms with E-state index in [9.17, 15) is 18.0 Å². The normalized spacial score (nSPS) is 11.3. The van der Waals surface area contributed by atoms with E-state index in [2.05, 4.69) is 9.72 Å². The number of methoxy groups -OCH3 is 1. The minimum Gasteiger partial charge on any atom is -0.494 e. The minimum absolute atomic E-state index is 0.0971. The average Bonchev–Trinajstić information content (AvgIpc) is 2.15. The maximum absolute atomic E-state index is 12.0. The Morgan fingerprint density at radius 2 is 2.13 bits per heavy atom. The van der Waals surface area contributed by atoms with Gasteiger partial charge in [0.15, 0.2) is 5.75 Å². The summed E-state index contributed by atoms with van der Waals surface area (Å²) in [5, 5.41) is -0.0971. The van der Waals surface area contributed by atoms with Crippen molar-refractivity contribution in [2.75, 3.05) is 7.11 Å². The molecule has 0 radical (unpaired) electrons. The second-order valence-corrected chi connectivity index (χ2v) is 2.94. The first kappa shape index (κ1) is 11.8. The zero-order valence-corrected chi connectivity index (χ0v) is 8.19. The fraction of sp³-hybridized carbons (Fsp3) is 0.250. The van der Waals surface area contributed by atoms with Crippen molar-refractivity contribution in [3.05, 3.63) is 23.0 Å². The molecule has 0 fully saturated rings. The van der Waals surface area contributed by atoms with Gasteiger partial charge in [0, 0.05) is 0 Å². The van der Waals surface area contributed by atoms with Crippen LogP contribution in [0.3, 0.4) is 0 Å². The average molecular weight is 240 g/mol. The third-order valence-corrected chi connectivity index (χ3v) is 1.83. The van der Waals surface area contributed by atoms with Crippen molar-refractivity contribution in [1.82, 2.24) is 4.98 Å². The van der Waals surface area contributed by atoms with Crippen molar-refractivity contribution in [1.29, 1.82) is 0 Å². The SMILES string of the molecule is COc1cnc(C(=O)C(F)(F)F)cc1Cl. The number of alkyl halides is 3. The van der Waals surface area contributed by atoms with E-state index in [1.165, 1.54) is 7.11 Å². The van der Waals surface area contributed by atoms with Crippen LogP contribution in [0, 0.1) is 0 Å². The fourth-order valence-corrected chi connectivity index (χ4v) is 1.07. The molecule has 0 aliphatic rings. The van der Waals surface area contributed by atoms with Crippen molar-refractivity contribution < 1.29 is 22.7 Å². The molecule has 1 heterocycles. The fourth-order valence-electron chi connectivity index (χ4n) is 0.838. The molecule has 0 aliphatic heterocycles. The molecule has 0 aliphatic carbocycles. The molecule has 0 aromatic carbocycles. The standard InChI is InChI=1S/C8H5ClF3NO2/c1-15-6-3-13-5(2-4(6)9)7(14)8(10,11)12/h2-3H,1H3. The number of rotatable bonds is 2. The highest BCUT2D eigenvalue weighted by molar-refractivity contribution is 6.32. The van der Waals surface area contributed by atoms with Crippen molar-refractivity contribution in [3.63, 3.8) is 0 Å². The first-order valence-electron chi connectivity index (χ1n) is 3.67. The van der Waals surface area contributed by atoms with E-state index in [0.717, 1.165) is 12.3 Å². The number of halogens is 4. The number of pyridine rings is 1. The molecule has 0 saturated heterocycles. The molecule has 3 nitrogen and oxygen atoms in total. The molecular formula is C8H5ClF3NO2. The van der Waals surface area contributed by atoms with Gasteiger partial charge in [0.05, 0.1) is 18.3 Å². The molecule has 0 N–H and O–H groups in total. The molecule has 0 atom stereocenters. The Hall–Kier alpha value is -1.30. The number of ether oxygens (including phenoxy) is 1. The third-order valence-electron chi connectivity index (χ3n) is 1.53. The highest BCUT2D eigenvalue weighted by Crippen LogP contribution is 2.26. The number of hydrogen-bond donors (Lipinski definition) is 0. The molecule has 1 aromatic rings. The van der Waals surface area contributed by atoms with Crippen LogP contribution in [-0.2, 0) is 0 Å². The molecule has 0 amide bonds. The molecule has 7 heteroatoms. The summed E-state index contributed by atoms with van der Waals surface area (Å²) in [5.74, 6) is -1.93. The van der Waals surface area contributed by atoms with Gasteiger partial charge in [-0.15, -0.1) is 0 Å². The number of carbonyl (C=O) groups excluding carboxylic acids is 1. The predicted octanol–water partition coefficient (Wildman–Crippen LogP) is 2.49. The summed E-state index contributed by atoms with van der Waals surface area (Å²) >= 11 is 5.54. The van der Waals surface area contributed by atoms with Gasteiger partial charge in [-0.05, 0) is 6.07 Å². The summed E-state index contributed by atoms with van der Waals surface area (Å²) < 4.78 is 40.6. The topological polar surface area (TPSA) is 39.2 Å². The zero-order valence-electron chi connectivity index (χ0n) is 7.43. The van der Waals surface area contributed by atoms with Crippen LogP contribution in [-0.4, -0.2) is 24.1 Å². The molecule has 1 rings (SSSR count). The second-order valence-electron chi connectivity index (χ2n) is 2.53. The van der Waals surface area contributed by atoms with Gasteiger partial charge in [0.2, 0.25) is 0 Å². The third kappa shape index (κ3) is 2.59. The summed E-state index contributed by atoms with van der Waals surface area (Å²) in [6, 6.07) is 0.816. The van der Waals surface area contributed by atoms with Gasteiger partial charge in [-0.3, -0.25) is 4.79 Å². The smallest absolute Gasteiger partial charge is 0.456 e. The van der Waals surface area contributed by atoms with E-state index < -0.39 is 17.7 Å². The van der Waals surface area contributed by atoms with E-state index in [0.29, 0.717) is 0 Å². The highest BCUT2D eigenvalue weighted by Gasteiger charge is 2.40. The van der Waals surface area contributed by atoms with Crippen LogP contribution < -0.4 is 4.74 Å². The largest absolute Gasteiger partial charge is 0.494 e. The second kappa shape index (κ2) is 4.06. The van der Waals surface area contributed by atoms with Crippen LogP contribution in [0.2, 0.25) is 5.02 Å². The van der Waals surface area contributed by atoms with Gasteiger partial charge < -0.3 is 4.74 Å². The van der Waals surface area contributed by atoms with E-state index in [-0.39, 0.29) is 10.8 Å². The summed E-state index contributed by atoms with van der Waals surface area (Å²) in [5.41, 5.74) is -0.756. The Balaban J connectivity index is 3.08. The lowest BCUT2D eigenvalue weighted by atomic mass is 10.2. The van der Waals surface area contributed by atoms with Crippen LogP contribution in [0.25, 0.3) is 0 Å². The minimum atomic E-state index is -4.95. The maximum atomic E-state index is 12.0. The number of nitrogens with zero attached hydrogens (tertiary/aromatic N) is 1. The molecule has 1 aromatic heterocycles. The Morgan fingerprint density at radius 1 is 1.53 bits per heavy atom. The lowest BCUT2D eigenvalue weighted by Crippen LogP contribution is -2.23. The summed E-state index contributed by atoms with van der Waals surface area (Å²) in [6.45, 7) is 0. The van der Waals surface area contributed by atoms with Gasteiger partial charge in [-0.2, -0.15) is 13.2 Å². The van der Waals surface area contributed by atoms with Gasteiger partial charge >= 0.3 is 6.18 Å². The molecule has 82 valence electrons. The van der Waals surface area contributed by atoms with Gasteiger partial charge in [-0.1, -0.05) is 11.6 Å². The molecule has 0 spiro atoms. The number of hydrogen-bond acceptors (Lipinski definition) is 3. The Kier molecular flexibility index (Phi) is 3.18. The molecule has 15 heavy (non-hydrogen) atoms. The molecular weight excluding hydrogens is 235 g/mol. The molecule has 0 bridgehead atoms. The van der Waals surface area contributed by atoms with E-state index in [1.54, 1.807) is 0 Å². The predicted molar refractivity (Wildman–Crippen MR) is 46.2 cm³/mol. The zero-order chi connectivity index (χ0) is 11.6. The van der Waals surface area contributed by atoms with Gasteiger partial charge in [0.25, 0.3) is 5.78 Å². The van der Waals surface area contributed by atoms with E-state index in [4.69, 9.17) is 11.6 Å². The van der Waals surface area contributed by atoms with Crippen molar-refractivity contribution in [2.45, 2.75) is 6.18 Å². The molecule has 0 saturated carbocycles. The summed E-state index contributed by atoms with van der Waals surface area (Å²) in [4.78, 5) is 14.0. The number of carbonyl (C=O) groups is 1. The number of ketones is 1. The van der Waals surface area contributed by atoms with Crippen LogP contribution in [0.1, 0.15) is 10.5 Å². The van der Waals surface area contributed by atoms with Gasteiger partial charge in [-0.25, -0.2) is 4.98 Å². The molecule has 0 unspecified atom stereocenters. The first-order chi connectivity index (χ1) is 6.86. The maximum Gasteiger partial charge on any atom is 0.456 e. The van der Waals surface area contributed by atoms with E-state index >= 15 is 0 Å². The van der Waals surface area contributed by atoms with Crippen LogP contribution in [0.15, 0.2) is 12.3 Å². The Morgan fingerprint density at radius 3 is 2.53 bits per heavy atom. The van der Waals surface area contributed by atoms with E-state index in [1.807, 2.05) is 0 Å². The van der Waals surface area contributed by atoms with Crippen molar-refractivity contribution in [2.24, 2.45) is 0 Å².